The van der Waals surface area contributed by atoms with Crippen molar-refractivity contribution in [3.8, 4) is 0 Å². The Bertz CT molecular complexity index is 378. The standard InChI is InChI=1S/C10H11N3/c1-9-6-13(8-12-9)7-10-2-4-11-5-3-10/h2-6,8H,7H2,1H3. The second kappa shape index (κ2) is 3.39. The molecule has 3 heteroatoms. The number of aryl methyl sites for hydroxylation is 1. The molecule has 0 bridgehead atoms. The number of hydrogen-bond acceptors (Lipinski definition) is 2. The Kier molecular flexibility index (Phi) is 2.08. The van der Waals surface area contributed by atoms with E-state index in [1.807, 2.05) is 31.6 Å². The van der Waals surface area contributed by atoms with Gasteiger partial charge in [0.15, 0.2) is 0 Å². The molecule has 2 aromatic rings. The van der Waals surface area contributed by atoms with Crippen LogP contribution in [0.15, 0.2) is 37.1 Å². The highest BCUT2D eigenvalue weighted by molar-refractivity contribution is 5.10. The van der Waals surface area contributed by atoms with Gasteiger partial charge < -0.3 is 4.57 Å². The molecule has 0 unspecified atom stereocenters. The number of hydrogen-bond donors (Lipinski definition) is 0. The Hall–Kier alpha value is -1.64. The first-order valence-electron chi connectivity index (χ1n) is 4.22. The van der Waals surface area contributed by atoms with Crippen molar-refractivity contribution in [1.82, 2.24) is 14.5 Å². The molecule has 2 rings (SSSR count). The molecular weight excluding hydrogens is 162 g/mol. The van der Waals surface area contributed by atoms with E-state index in [0.29, 0.717) is 0 Å². The van der Waals surface area contributed by atoms with E-state index in [1.54, 1.807) is 12.4 Å². The minimum Gasteiger partial charge on any atom is -0.333 e. The van der Waals surface area contributed by atoms with Crippen molar-refractivity contribution in [2.24, 2.45) is 0 Å². The van der Waals surface area contributed by atoms with Crippen molar-refractivity contribution >= 4 is 0 Å². The Balaban J connectivity index is 2.15. The summed E-state index contributed by atoms with van der Waals surface area (Å²) in [6.45, 7) is 2.85. The largest absolute Gasteiger partial charge is 0.333 e. The second-order valence-corrected chi connectivity index (χ2v) is 3.04. The molecule has 0 aliphatic rings. The monoisotopic (exact) mass is 173 g/mol. The number of nitrogens with zero attached hydrogens (tertiary/aromatic N) is 3. The number of aromatic nitrogens is 3. The van der Waals surface area contributed by atoms with E-state index in [9.17, 15) is 0 Å². The van der Waals surface area contributed by atoms with Crippen molar-refractivity contribution in [2.45, 2.75) is 13.5 Å². The first-order valence-corrected chi connectivity index (χ1v) is 4.22. The summed E-state index contributed by atoms with van der Waals surface area (Å²) in [6.07, 6.45) is 7.48. The predicted octanol–water partition coefficient (Wildman–Crippen LogP) is 1.63. The summed E-state index contributed by atoms with van der Waals surface area (Å²) in [5.74, 6) is 0. The zero-order valence-electron chi connectivity index (χ0n) is 7.51. The van der Waals surface area contributed by atoms with Gasteiger partial charge in [0.2, 0.25) is 0 Å². The third kappa shape index (κ3) is 1.93. The molecule has 13 heavy (non-hydrogen) atoms. The lowest BCUT2D eigenvalue weighted by Crippen LogP contribution is -1.95. The van der Waals surface area contributed by atoms with Crippen LogP contribution in [0.4, 0.5) is 0 Å². The lowest BCUT2D eigenvalue weighted by atomic mass is 10.3. The van der Waals surface area contributed by atoms with Crippen LogP contribution >= 0.6 is 0 Å². The van der Waals surface area contributed by atoms with E-state index in [2.05, 4.69) is 14.5 Å². The van der Waals surface area contributed by atoms with E-state index in [-0.39, 0.29) is 0 Å². The van der Waals surface area contributed by atoms with E-state index in [1.165, 1.54) is 5.56 Å². The van der Waals surface area contributed by atoms with Gasteiger partial charge in [-0.05, 0) is 24.6 Å². The van der Waals surface area contributed by atoms with Gasteiger partial charge in [-0.25, -0.2) is 4.98 Å². The van der Waals surface area contributed by atoms with E-state index in [4.69, 9.17) is 0 Å². The fraction of sp³-hybridized carbons (Fsp3) is 0.200. The molecule has 0 saturated carbocycles. The van der Waals surface area contributed by atoms with Crippen molar-refractivity contribution in [3.63, 3.8) is 0 Å². The van der Waals surface area contributed by atoms with Crippen molar-refractivity contribution < 1.29 is 0 Å². The highest BCUT2D eigenvalue weighted by Gasteiger charge is 1.94. The molecular formula is C10H11N3. The van der Waals surface area contributed by atoms with Crippen LogP contribution < -0.4 is 0 Å². The van der Waals surface area contributed by atoms with Gasteiger partial charge in [0.05, 0.1) is 12.0 Å². The Labute approximate surface area is 77.1 Å². The van der Waals surface area contributed by atoms with Crippen molar-refractivity contribution in [3.05, 3.63) is 48.3 Å². The summed E-state index contributed by atoms with van der Waals surface area (Å²) < 4.78 is 2.06. The molecule has 0 fully saturated rings. The minimum absolute atomic E-state index is 0.864. The van der Waals surface area contributed by atoms with Gasteiger partial charge in [0.25, 0.3) is 0 Å². The highest BCUT2D eigenvalue weighted by atomic mass is 15.0. The first-order chi connectivity index (χ1) is 6.34. The number of rotatable bonds is 2. The minimum atomic E-state index is 0.864. The van der Waals surface area contributed by atoms with E-state index >= 15 is 0 Å². The van der Waals surface area contributed by atoms with Crippen LogP contribution in [0.3, 0.4) is 0 Å². The first kappa shape index (κ1) is 7.98. The molecule has 3 nitrogen and oxygen atoms in total. The van der Waals surface area contributed by atoms with Gasteiger partial charge in [0, 0.05) is 25.1 Å². The summed E-state index contributed by atoms with van der Waals surface area (Å²) in [5, 5.41) is 0. The SMILES string of the molecule is Cc1cn(Cc2ccncc2)cn1. The second-order valence-electron chi connectivity index (χ2n) is 3.04. The van der Waals surface area contributed by atoms with Gasteiger partial charge in [-0.1, -0.05) is 0 Å². The summed E-state index contributed by atoms with van der Waals surface area (Å²) in [7, 11) is 0. The highest BCUT2D eigenvalue weighted by Crippen LogP contribution is 2.01. The maximum Gasteiger partial charge on any atom is 0.0952 e. The molecule has 0 atom stereocenters. The molecule has 0 aliphatic carbocycles. The van der Waals surface area contributed by atoms with Crippen LogP contribution in [0.5, 0.6) is 0 Å². The molecule has 2 heterocycles. The Morgan fingerprint density at radius 2 is 2.08 bits per heavy atom. The molecule has 0 spiro atoms. The van der Waals surface area contributed by atoms with Crippen LogP contribution in [0.1, 0.15) is 11.3 Å². The molecule has 66 valence electrons. The molecule has 0 N–H and O–H groups in total. The van der Waals surface area contributed by atoms with E-state index in [0.717, 1.165) is 12.2 Å². The predicted molar refractivity (Wildman–Crippen MR) is 50.3 cm³/mol. The van der Waals surface area contributed by atoms with Crippen molar-refractivity contribution in [1.29, 1.82) is 0 Å². The third-order valence-electron chi connectivity index (χ3n) is 1.88. The zero-order chi connectivity index (χ0) is 9.10. The third-order valence-corrected chi connectivity index (χ3v) is 1.88. The van der Waals surface area contributed by atoms with Gasteiger partial charge in [-0.15, -0.1) is 0 Å². The van der Waals surface area contributed by atoms with Crippen LogP contribution in [0, 0.1) is 6.92 Å². The summed E-state index contributed by atoms with van der Waals surface area (Å²) in [4.78, 5) is 8.13. The lowest BCUT2D eigenvalue weighted by molar-refractivity contribution is 0.795. The fourth-order valence-electron chi connectivity index (χ4n) is 1.26. The average molecular weight is 173 g/mol. The number of imidazole rings is 1. The van der Waals surface area contributed by atoms with Crippen LogP contribution in [0.25, 0.3) is 0 Å². The smallest absolute Gasteiger partial charge is 0.0952 e. The maximum atomic E-state index is 4.16. The number of pyridine rings is 1. The molecule has 0 aromatic carbocycles. The molecule has 0 radical (unpaired) electrons. The molecule has 0 aliphatic heterocycles. The summed E-state index contributed by atoms with van der Waals surface area (Å²) >= 11 is 0. The van der Waals surface area contributed by atoms with Gasteiger partial charge in [-0.2, -0.15) is 0 Å². The van der Waals surface area contributed by atoms with Crippen molar-refractivity contribution in [2.75, 3.05) is 0 Å². The summed E-state index contributed by atoms with van der Waals surface area (Å²) in [5.41, 5.74) is 2.29. The topological polar surface area (TPSA) is 30.7 Å². The molecule has 2 aromatic heterocycles. The fourth-order valence-corrected chi connectivity index (χ4v) is 1.26. The van der Waals surface area contributed by atoms with Gasteiger partial charge >= 0.3 is 0 Å². The van der Waals surface area contributed by atoms with Gasteiger partial charge in [0.1, 0.15) is 0 Å². The zero-order valence-corrected chi connectivity index (χ0v) is 7.51. The van der Waals surface area contributed by atoms with Crippen LogP contribution in [0.2, 0.25) is 0 Å². The maximum absolute atomic E-state index is 4.16. The molecule has 0 saturated heterocycles. The van der Waals surface area contributed by atoms with E-state index < -0.39 is 0 Å². The summed E-state index contributed by atoms with van der Waals surface area (Å²) in [6, 6.07) is 4.02. The Morgan fingerprint density at radius 1 is 1.31 bits per heavy atom. The van der Waals surface area contributed by atoms with Gasteiger partial charge in [-0.3, -0.25) is 4.98 Å². The normalized spacial score (nSPS) is 10.2. The Morgan fingerprint density at radius 3 is 2.69 bits per heavy atom. The molecule has 0 amide bonds. The lowest BCUT2D eigenvalue weighted by Gasteiger charge is -2.00. The average Bonchev–Trinajstić information content (AvgIpc) is 2.53. The van der Waals surface area contributed by atoms with Crippen LogP contribution in [-0.4, -0.2) is 14.5 Å². The quantitative estimate of drug-likeness (QED) is 0.691. The van der Waals surface area contributed by atoms with Crippen LogP contribution in [-0.2, 0) is 6.54 Å².